The van der Waals surface area contributed by atoms with Crippen molar-refractivity contribution in [3.8, 4) is 0 Å². The molecular formula is C21H26Cl2Ti-2. The van der Waals surface area contributed by atoms with Gasteiger partial charge in [0.25, 0.3) is 0 Å². The van der Waals surface area contributed by atoms with Crippen molar-refractivity contribution < 1.29 is 44.8 Å². The van der Waals surface area contributed by atoms with Crippen molar-refractivity contribution in [2.75, 3.05) is 0 Å². The number of benzene rings is 1. The number of rotatable bonds is 3. The summed E-state index contributed by atoms with van der Waals surface area (Å²) in [5.74, 6) is 0. The van der Waals surface area contributed by atoms with Crippen LogP contribution in [0.3, 0.4) is 0 Å². The molecule has 0 aliphatic heterocycles. The van der Waals surface area contributed by atoms with Crippen molar-refractivity contribution in [2.45, 2.75) is 46.5 Å². The summed E-state index contributed by atoms with van der Waals surface area (Å²) in [5.41, 5.74) is 1.41. The first-order valence-corrected chi connectivity index (χ1v) is 8.80. The summed E-state index contributed by atoms with van der Waals surface area (Å²) in [6, 6.07) is 14.7. The molecule has 0 amide bonds. The largest absolute Gasteiger partial charge is 1.00 e. The van der Waals surface area contributed by atoms with Crippen molar-refractivity contribution in [2.24, 2.45) is 0 Å². The number of unbranched alkanes of at least 4 members (excludes halogenated alkanes) is 1. The fraction of sp³-hybridized carbons (Fsp3) is 0.333. The van der Waals surface area contributed by atoms with Gasteiger partial charge in [0.15, 0.2) is 0 Å². The summed E-state index contributed by atoms with van der Waals surface area (Å²) in [7, 11) is 0. The molecule has 24 heavy (non-hydrogen) atoms. The van der Waals surface area contributed by atoms with E-state index in [1.165, 1.54) is 39.4 Å². The first-order chi connectivity index (χ1) is 10.6. The van der Waals surface area contributed by atoms with Gasteiger partial charge in [-0.15, -0.1) is 36.1 Å². The Hall–Kier alpha value is -0.526. The number of hydrogen-bond acceptors (Lipinski definition) is 0. The summed E-state index contributed by atoms with van der Waals surface area (Å²) in [5, 5.41) is 2.66. The minimum atomic E-state index is 0. The molecule has 0 heterocycles. The van der Waals surface area contributed by atoms with Gasteiger partial charge >= 0.3 is 37.6 Å². The molecule has 2 aromatic carbocycles. The minimum absolute atomic E-state index is 0. The van der Waals surface area contributed by atoms with Gasteiger partial charge in [-0.05, 0) is 0 Å². The molecule has 0 N–H and O–H groups in total. The Labute approximate surface area is 171 Å². The molecule has 0 radical (unpaired) electrons. The van der Waals surface area contributed by atoms with Crippen molar-refractivity contribution in [3.05, 3.63) is 66.3 Å². The first kappa shape index (κ1) is 25.7. The van der Waals surface area contributed by atoms with Crippen molar-refractivity contribution in [1.82, 2.24) is 0 Å². The molecule has 0 fully saturated rings. The third-order valence-corrected chi connectivity index (χ3v) is 3.11. The van der Waals surface area contributed by atoms with Gasteiger partial charge in [0.1, 0.15) is 0 Å². The van der Waals surface area contributed by atoms with E-state index in [0.29, 0.717) is 0 Å². The van der Waals surface area contributed by atoms with Crippen LogP contribution in [-0.4, -0.2) is 3.81 Å². The topological polar surface area (TPSA) is 0 Å². The second-order valence-electron chi connectivity index (χ2n) is 5.57. The van der Waals surface area contributed by atoms with Gasteiger partial charge in [-0.3, -0.25) is 6.08 Å². The maximum atomic E-state index is 3.30. The molecule has 1 aliphatic rings. The van der Waals surface area contributed by atoms with E-state index in [-0.39, 0.29) is 24.8 Å². The van der Waals surface area contributed by atoms with E-state index in [2.05, 4.69) is 101 Å². The molecule has 0 bridgehead atoms. The van der Waals surface area contributed by atoms with E-state index < -0.39 is 0 Å². The summed E-state index contributed by atoms with van der Waals surface area (Å²) < 4.78 is 1.42. The van der Waals surface area contributed by atoms with Crippen LogP contribution in [0.4, 0.5) is 0 Å². The average molecular weight is 397 g/mol. The second kappa shape index (κ2) is 16.0. The van der Waals surface area contributed by atoms with Gasteiger partial charge in [-0.2, -0.15) is 23.6 Å². The maximum Gasteiger partial charge on any atom is -0.0809 e. The van der Waals surface area contributed by atoms with E-state index in [1.54, 1.807) is 0 Å². The van der Waals surface area contributed by atoms with E-state index in [1.807, 2.05) is 0 Å². The van der Waals surface area contributed by atoms with Crippen LogP contribution >= 0.6 is 0 Å². The van der Waals surface area contributed by atoms with Crippen LogP contribution in [0.5, 0.6) is 0 Å². The smallest absolute Gasteiger partial charge is 0.0809 e. The van der Waals surface area contributed by atoms with Crippen LogP contribution < -0.4 is 24.8 Å². The monoisotopic (exact) mass is 396 g/mol. The van der Waals surface area contributed by atoms with Gasteiger partial charge in [0, 0.05) is 0 Å². The molecule has 3 heteroatoms. The molecule has 0 atom stereocenters. The fourth-order valence-electron chi connectivity index (χ4n) is 2.06. The first-order valence-electron chi connectivity index (χ1n) is 8.02. The number of hydrogen-bond donors (Lipinski definition) is 0. The summed E-state index contributed by atoms with van der Waals surface area (Å²) in [4.78, 5) is 0. The normalized spacial score (nSPS) is 11.1. The SMILES string of the molecule is CCCCC1=[C-]CC=C1.C[C](C)=[Ti+2].[Cl-].[Cl-].c1ccc2[cH-]ccc2c1. The van der Waals surface area contributed by atoms with E-state index in [9.17, 15) is 0 Å². The molecule has 3 rings (SSSR count). The minimum Gasteiger partial charge on any atom is -1.00 e. The predicted molar refractivity (Wildman–Crippen MR) is 95.9 cm³/mol. The Kier molecular flexibility index (Phi) is 17.1. The fourth-order valence-corrected chi connectivity index (χ4v) is 2.06. The molecule has 1 aliphatic carbocycles. The Morgan fingerprint density at radius 2 is 1.83 bits per heavy atom. The summed E-state index contributed by atoms with van der Waals surface area (Å²) in [6.07, 6.45) is 12.5. The molecular weight excluding hydrogens is 371 g/mol. The van der Waals surface area contributed by atoms with Gasteiger partial charge < -0.3 is 24.8 Å². The molecule has 0 saturated heterocycles. The molecule has 130 valence electrons. The predicted octanol–water partition coefficient (Wildman–Crippen LogP) is 0.178. The van der Waals surface area contributed by atoms with Crippen LogP contribution in [0.2, 0.25) is 0 Å². The standard InChI is InChI=1S/C9H7.C9H13.C3H6.2ClH.Ti/c1-2-5-9-7-3-6-8(9)4-1;1-2-3-6-9-7-4-5-8-9;1-3-2;;;/h1-7H;4,7H,2-3,5-6H2,1H3;1-2H3;2*1H;/q2*-1;;;;+2/p-2. The number of fused-ring (bicyclic) bond motifs is 1. The Balaban J connectivity index is 0. The maximum absolute atomic E-state index is 3.30. The van der Waals surface area contributed by atoms with Crippen molar-refractivity contribution in [3.63, 3.8) is 0 Å². The third kappa shape index (κ3) is 11.9. The van der Waals surface area contributed by atoms with Crippen LogP contribution in [0, 0.1) is 6.08 Å². The molecule has 0 unspecified atom stereocenters. The van der Waals surface area contributed by atoms with E-state index in [0.717, 1.165) is 6.42 Å². The van der Waals surface area contributed by atoms with Gasteiger partial charge in [-0.1, -0.05) is 32.3 Å². The Morgan fingerprint density at radius 1 is 1.17 bits per heavy atom. The zero-order valence-electron chi connectivity index (χ0n) is 14.8. The van der Waals surface area contributed by atoms with Crippen LogP contribution in [0.25, 0.3) is 10.8 Å². The quantitative estimate of drug-likeness (QED) is 0.512. The number of allylic oxidation sites excluding steroid dienone is 4. The molecule has 0 saturated carbocycles. The zero-order valence-corrected chi connectivity index (χ0v) is 17.9. The molecule has 0 aromatic heterocycles. The van der Waals surface area contributed by atoms with Crippen LogP contribution in [0.15, 0.2) is 60.2 Å². The van der Waals surface area contributed by atoms with E-state index >= 15 is 0 Å². The van der Waals surface area contributed by atoms with Crippen LogP contribution in [-0.2, 0) is 20.0 Å². The number of halogens is 2. The Bertz CT molecular complexity index is 589. The van der Waals surface area contributed by atoms with Gasteiger partial charge in [0.05, 0.1) is 0 Å². The molecule has 0 spiro atoms. The third-order valence-electron chi connectivity index (χ3n) is 3.11. The van der Waals surface area contributed by atoms with Gasteiger partial charge in [-0.25, -0.2) is 11.6 Å². The molecule has 2 aromatic rings. The zero-order chi connectivity index (χ0) is 16.2. The van der Waals surface area contributed by atoms with E-state index in [4.69, 9.17) is 0 Å². The van der Waals surface area contributed by atoms with Crippen molar-refractivity contribution in [1.29, 1.82) is 0 Å². The average Bonchev–Trinajstić information content (AvgIpc) is 3.16. The summed E-state index contributed by atoms with van der Waals surface area (Å²) in [6.45, 7) is 6.39. The van der Waals surface area contributed by atoms with Crippen molar-refractivity contribution >= 4 is 14.6 Å². The van der Waals surface area contributed by atoms with Crippen LogP contribution in [0.1, 0.15) is 46.5 Å². The second-order valence-corrected chi connectivity index (χ2v) is 7.13. The Morgan fingerprint density at radius 3 is 2.38 bits per heavy atom. The molecule has 0 nitrogen and oxygen atoms in total. The van der Waals surface area contributed by atoms with Gasteiger partial charge in [0.2, 0.25) is 0 Å². The summed E-state index contributed by atoms with van der Waals surface area (Å²) >= 11 is 2.08.